The number of hydrogen-bond donors (Lipinski definition) is 0. The summed E-state index contributed by atoms with van der Waals surface area (Å²) in [6, 6.07) is 3.74. The zero-order valence-corrected chi connectivity index (χ0v) is 11.5. The quantitative estimate of drug-likeness (QED) is 0.609. The Balaban J connectivity index is 1.94. The summed E-state index contributed by atoms with van der Waals surface area (Å²) >= 11 is 0. The van der Waals surface area contributed by atoms with Crippen molar-refractivity contribution in [2.24, 2.45) is 7.05 Å². The maximum atomic E-state index is 12.0. The molecule has 2 rings (SSSR count). The third-order valence-electron chi connectivity index (χ3n) is 3.54. The van der Waals surface area contributed by atoms with Crippen molar-refractivity contribution in [3.05, 3.63) is 23.5 Å². The molecule has 2 heterocycles. The van der Waals surface area contributed by atoms with E-state index in [1.54, 1.807) is 17.8 Å². The summed E-state index contributed by atoms with van der Waals surface area (Å²) in [7, 11) is 1.72. The lowest BCUT2D eigenvalue weighted by Crippen LogP contribution is -2.34. The molecule has 0 aliphatic carbocycles. The topological polar surface area (TPSA) is 58.3 Å². The predicted octanol–water partition coefficient (Wildman–Crippen LogP) is 1.15. The molecule has 1 aromatic heterocycles. The SMILES string of the molecule is C#CCN1CCCC1COC(=O)c1cc(C#N)cn1C. The van der Waals surface area contributed by atoms with Crippen LogP contribution in [-0.4, -0.2) is 41.2 Å². The molecule has 5 nitrogen and oxygen atoms in total. The van der Waals surface area contributed by atoms with Crippen molar-refractivity contribution in [3.8, 4) is 18.4 Å². The molecular formula is C15H17N3O2. The van der Waals surface area contributed by atoms with Gasteiger partial charge in [-0.2, -0.15) is 5.26 Å². The van der Waals surface area contributed by atoms with Crippen LogP contribution in [-0.2, 0) is 11.8 Å². The third kappa shape index (κ3) is 3.01. The van der Waals surface area contributed by atoms with Gasteiger partial charge in [0.2, 0.25) is 0 Å². The molecule has 0 bridgehead atoms. The van der Waals surface area contributed by atoms with E-state index in [-0.39, 0.29) is 6.04 Å². The summed E-state index contributed by atoms with van der Waals surface area (Å²) in [6.45, 7) is 1.88. The second-order valence-electron chi connectivity index (χ2n) is 4.91. The van der Waals surface area contributed by atoms with E-state index in [1.165, 1.54) is 6.07 Å². The van der Waals surface area contributed by atoms with E-state index in [0.29, 0.717) is 24.4 Å². The molecule has 1 aliphatic rings. The Kier molecular flexibility index (Phi) is 4.45. The van der Waals surface area contributed by atoms with E-state index in [9.17, 15) is 4.79 Å². The van der Waals surface area contributed by atoms with Gasteiger partial charge in [-0.15, -0.1) is 6.42 Å². The number of rotatable bonds is 4. The van der Waals surface area contributed by atoms with E-state index in [1.807, 2.05) is 6.07 Å². The normalized spacial score (nSPS) is 18.4. The van der Waals surface area contributed by atoms with Crippen LogP contribution in [0.25, 0.3) is 0 Å². The molecule has 0 spiro atoms. The van der Waals surface area contributed by atoms with Crippen molar-refractivity contribution in [1.29, 1.82) is 5.26 Å². The Hall–Kier alpha value is -2.24. The fourth-order valence-electron chi connectivity index (χ4n) is 2.48. The van der Waals surface area contributed by atoms with Gasteiger partial charge in [-0.05, 0) is 25.5 Å². The van der Waals surface area contributed by atoms with E-state index in [4.69, 9.17) is 16.4 Å². The van der Waals surface area contributed by atoms with E-state index >= 15 is 0 Å². The van der Waals surface area contributed by atoms with Gasteiger partial charge in [0.25, 0.3) is 0 Å². The molecule has 20 heavy (non-hydrogen) atoms. The third-order valence-corrected chi connectivity index (χ3v) is 3.54. The summed E-state index contributed by atoms with van der Waals surface area (Å²) in [6.07, 6.45) is 9.00. The first-order valence-electron chi connectivity index (χ1n) is 6.56. The number of ether oxygens (including phenoxy) is 1. The molecule has 1 saturated heterocycles. The van der Waals surface area contributed by atoms with Crippen LogP contribution in [0.2, 0.25) is 0 Å². The molecule has 1 unspecified atom stereocenters. The van der Waals surface area contributed by atoms with Crippen LogP contribution in [0, 0.1) is 23.7 Å². The molecule has 104 valence electrons. The minimum Gasteiger partial charge on any atom is -0.459 e. The van der Waals surface area contributed by atoms with Crippen LogP contribution in [0.15, 0.2) is 12.3 Å². The number of carbonyl (C=O) groups excluding carboxylic acids is 1. The molecule has 0 saturated carbocycles. The van der Waals surface area contributed by atoms with Crippen molar-refractivity contribution in [3.63, 3.8) is 0 Å². The lowest BCUT2D eigenvalue weighted by atomic mass is 10.2. The minimum atomic E-state index is -0.401. The van der Waals surface area contributed by atoms with Crippen LogP contribution >= 0.6 is 0 Å². The number of esters is 1. The number of likely N-dealkylation sites (tertiary alicyclic amines) is 1. The van der Waals surface area contributed by atoms with E-state index < -0.39 is 5.97 Å². The molecule has 0 aromatic carbocycles. The first-order valence-corrected chi connectivity index (χ1v) is 6.56. The number of nitriles is 1. The van der Waals surface area contributed by atoms with Gasteiger partial charge in [0, 0.05) is 19.3 Å². The van der Waals surface area contributed by atoms with Gasteiger partial charge in [-0.1, -0.05) is 5.92 Å². The first kappa shape index (κ1) is 14.2. The highest BCUT2D eigenvalue weighted by molar-refractivity contribution is 5.88. The number of aromatic nitrogens is 1. The summed E-state index contributed by atoms with van der Waals surface area (Å²) in [5.74, 6) is 2.22. The Morgan fingerprint density at radius 2 is 2.45 bits per heavy atom. The Bertz CT molecular complexity index is 577. The summed E-state index contributed by atoms with van der Waals surface area (Å²) in [4.78, 5) is 14.2. The molecule has 5 heteroatoms. The van der Waals surface area contributed by atoms with Gasteiger partial charge in [-0.3, -0.25) is 4.90 Å². The highest BCUT2D eigenvalue weighted by Gasteiger charge is 2.25. The van der Waals surface area contributed by atoms with Crippen LogP contribution in [0.5, 0.6) is 0 Å². The number of nitrogens with zero attached hydrogens (tertiary/aromatic N) is 3. The molecule has 1 aromatic rings. The zero-order valence-electron chi connectivity index (χ0n) is 11.5. The minimum absolute atomic E-state index is 0.200. The van der Waals surface area contributed by atoms with Crippen molar-refractivity contribution >= 4 is 5.97 Å². The maximum Gasteiger partial charge on any atom is 0.355 e. The van der Waals surface area contributed by atoms with Crippen molar-refractivity contribution in [2.75, 3.05) is 19.7 Å². The zero-order chi connectivity index (χ0) is 14.5. The molecule has 1 fully saturated rings. The molecular weight excluding hydrogens is 254 g/mol. The second kappa shape index (κ2) is 6.27. The van der Waals surface area contributed by atoms with Crippen LogP contribution in [0.3, 0.4) is 0 Å². The second-order valence-corrected chi connectivity index (χ2v) is 4.91. The Morgan fingerprint density at radius 3 is 3.10 bits per heavy atom. The average molecular weight is 271 g/mol. The van der Waals surface area contributed by atoms with Gasteiger partial charge in [-0.25, -0.2) is 4.79 Å². The van der Waals surface area contributed by atoms with Gasteiger partial charge in [0.15, 0.2) is 0 Å². The lowest BCUT2D eigenvalue weighted by molar-refractivity contribution is 0.0397. The molecule has 1 aliphatic heterocycles. The number of carbonyl (C=O) groups is 1. The van der Waals surface area contributed by atoms with Gasteiger partial charge < -0.3 is 9.30 Å². The summed E-state index contributed by atoms with van der Waals surface area (Å²) < 4.78 is 6.95. The highest BCUT2D eigenvalue weighted by Crippen LogP contribution is 2.17. The van der Waals surface area contributed by atoms with Gasteiger partial charge in [0.05, 0.1) is 12.1 Å². The van der Waals surface area contributed by atoms with Crippen LogP contribution in [0.1, 0.15) is 28.9 Å². The summed E-state index contributed by atoms with van der Waals surface area (Å²) in [5.41, 5.74) is 0.845. The number of hydrogen-bond acceptors (Lipinski definition) is 4. The van der Waals surface area contributed by atoms with Gasteiger partial charge in [0.1, 0.15) is 18.4 Å². The standard InChI is InChI=1S/C15H17N3O2/c1-3-6-18-7-4-5-13(18)11-20-15(19)14-8-12(9-16)10-17(14)2/h1,8,10,13H,4-7,11H2,2H3. The van der Waals surface area contributed by atoms with Crippen LogP contribution < -0.4 is 0 Å². The molecule has 1 atom stereocenters. The molecule has 0 radical (unpaired) electrons. The Labute approximate surface area is 118 Å². The smallest absolute Gasteiger partial charge is 0.355 e. The maximum absolute atomic E-state index is 12.0. The van der Waals surface area contributed by atoms with E-state index in [0.717, 1.165) is 19.4 Å². The number of aryl methyl sites for hydroxylation is 1. The van der Waals surface area contributed by atoms with Crippen molar-refractivity contribution < 1.29 is 9.53 Å². The van der Waals surface area contributed by atoms with Crippen molar-refractivity contribution in [1.82, 2.24) is 9.47 Å². The molecule has 0 amide bonds. The predicted molar refractivity (Wildman–Crippen MR) is 73.8 cm³/mol. The molecule has 0 N–H and O–H groups in total. The van der Waals surface area contributed by atoms with E-state index in [2.05, 4.69) is 10.8 Å². The van der Waals surface area contributed by atoms with Gasteiger partial charge >= 0.3 is 5.97 Å². The lowest BCUT2D eigenvalue weighted by Gasteiger charge is -2.21. The number of terminal acetylenes is 1. The fourth-order valence-corrected chi connectivity index (χ4v) is 2.48. The monoisotopic (exact) mass is 271 g/mol. The van der Waals surface area contributed by atoms with Crippen molar-refractivity contribution in [2.45, 2.75) is 18.9 Å². The largest absolute Gasteiger partial charge is 0.459 e. The fraction of sp³-hybridized carbons (Fsp3) is 0.467. The van der Waals surface area contributed by atoms with Crippen LogP contribution in [0.4, 0.5) is 0 Å². The Morgan fingerprint density at radius 1 is 1.65 bits per heavy atom. The average Bonchev–Trinajstić information content (AvgIpc) is 3.03. The first-order chi connectivity index (χ1) is 9.65. The summed E-state index contributed by atoms with van der Waals surface area (Å²) in [5, 5.41) is 8.81. The highest BCUT2D eigenvalue weighted by atomic mass is 16.5.